The van der Waals surface area contributed by atoms with Crippen LogP contribution in [0.25, 0.3) is 11.5 Å². The SMILES string of the molecule is Cc1cccc(-c2nc(CC(=O)N3CCN[C@@H](C)C3)no2)c1. The van der Waals surface area contributed by atoms with E-state index in [0.717, 1.165) is 30.8 Å². The molecule has 0 radical (unpaired) electrons. The molecular weight excluding hydrogens is 280 g/mol. The summed E-state index contributed by atoms with van der Waals surface area (Å²) in [4.78, 5) is 18.5. The van der Waals surface area contributed by atoms with Gasteiger partial charge in [0.15, 0.2) is 5.82 Å². The molecule has 2 heterocycles. The van der Waals surface area contributed by atoms with Crippen LogP contribution in [0.4, 0.5) is 0 Å². The number of nitrogens with one attached hydrogen (secondary N) is 1. The van der Waals surface area contributed by atoms with Crippen LogP contribution in [-0.2, 0) is 11.2 Å². The molecular formula is C16H20N4O2. The lowest BCUT2D eigenvalue weighted by atomic mass is 10.1. The van der Waals surface area contributed by atoms with Gasteiger partial charge in [-0.25, -0.2) is 0 Å². The molecule has 1 saturated heterocycles. The molecule has 1 amide bonds. The smallest absolute Gasteiger partial charge is 0.257 e. The normalized spacial score (nSPS) is 18.5. The summed E-state index contributed by atoms with van der Waals surface area (Å²) in [5, 5.41) is 7.24. The molecule has 0 unspecified atom stereocenters. The molecule has 2 aromatic rings. The molecule has 0 bridgehead atoms. The van der Waals surface area contributed by atoms with Crippen LogP contribution < -0.4 is 5.32 Å². The topological polar surface area (TPSA) is 71.3 Å². The minimum atomic E-state index is 0.0462. The van der Waals surface area contributed by atoms with Crippen molar-refractivity contribution in [2.75, 3.05) is 19.6 Å². The summed E-state index contributed by atoms with van der Waals surface area (Å²) in [5.74, 6) is 0.942. The Labute approximate surface area is 129 Å². The molecule has 116 valence electrons. The number of hydrogen-bond donors (Lipinski definition) is 1. The van der Waals surface area contributed by atoms with Gasteiger partial charge in [-0.15, -0.1) is 0 Å². The molecule has 1 aliphatic heterocycles. The molecule has 6 heteroatoms. The summed E-state index contributed by atoms with van der Waals surface area (Å²) in [6.07, 6.45) is 0.183. The van der Waals surface area contributed by atoms with Crippen molar-refractivity contribution in [2.24, 2.45) is 0 Å². The van der Waals surface area contributed by atoms with E-state index < -0.39 is 0 Å². The number of aromatic nitrogens is 2. The highest BCUT2D eigenvalue weighted by molar-refractivity contribution is 5.78. The van der Waals surface area contributed by atoms with Gasteiger partial charge in [0.05, 0.1) is 6.42 Å². The maximum absolute atomic E-state index is 12.3. The van der Waals surface area contributed by atoms with Crippen LogP contribution in [-0.4, -0.2) is 46.6 Å². The number of piperazine rings is 1. The van der Waals surface area contributed by atoms with Crippen molar-refractivity contribution in [1.29, 1.82) is 0 Å². The van der Waals surface area contributed by atoms with Gasteiger partial charge >= 0.3 is 0 Å². The predicted molar refractivity (Wildman–Crippen MR) is 82.2 cm³/mol. The standard InChI is InChI=1S/C16H20N4O2/c1-11-4-3-5-13(8-11)16-18-14(19-22-16)9-15(21)20-7-6-17-12(2)10-20/h3-5,8,12,17H,6-7,9-10H2,1-2H3/t12-/m0/s1. The lowest BCUT2D eigenvalue weighted by molar-refractivity contribution is -0.131. The lowest BCUT2D eigenvalue weighted by Crippen LogP contribution is -2.51. The fourth-order valence-electron chi connectivity index (χ4n) is 2.63. The Morgan fingerprint density at radius 2 is 2.36 bits per heavy atom. The van der Waals surface area contributed by atoms with Gasteiger partial charge in [-0.1, -0.05) is 22.9 Å². The lowest BCUT2D eigenvalue weighted by Gasteiger charge is -2.31. The quantitative estimate of drug-likeness (QED) is 0.928. The first-order valence-corrected chi connectivity index (χ1v) is 7.52. The highest BCUT2D eigenvalue weighted by Crippen LogP contribution is 2.18. The largest absolute Gasteiger partial charge is 0.339 e. The Bertz CT molecular complexity index is 668. The van der Waals surface area contributed by atoms with Gasteiger partial charge in [0.25, 0.3) is 5.89 Å². The van der Waals surface area contributed by atoms with E-state index in [1.165, 1.54) is 0 Å². The monoisotopic (exact) mass is 300 g/mol. The van der Waals surface area contributed by atoms with Gasteiger partial charge in [-0.3, -0.25) is 4.79 Å². The third-order valence-electron chi connectivity index (χ3n) is 3.76. The molecule has 1 atom stereocenters. The first kappa shape index (κ1) is 14.7. The second kappa shape index (κ2) is 6.27. The Kier molecular flexibility index (Phi) is 4.20. The maximum atomic E-state index is 12.3. The van der Waals surface area contributed by atoms with Gasteiger partial charge in [0, 0.05) is 31.2 Å². The Morgan fingerprint density at radius 3 is 3.14 bits per heavy atom. The Balaban J connectivity index is 1.68. The number of nitrogens with zero attached hydrogens (tertiary/aromatic N) is 3. The zero-order valence-electron chi connectivity index (χ0n) is 12.9. The van der Waals surface area contributed by atoms with Crippen molar-refractivity contribution >= 4 is 5.91 Å². The van der Waals surface area contributed by atoms with Crippen molar-refractivity contribution < 1.29 is 9.32 Å². The third-order valence-corrected chi connectivity index (χ3v) is 3.76. The van der Waals surface area contributed by atoms with Crippen molar-refractivity contribution in [1.82, 2.24) is 20.4 Å². The number of carbonyl (C=O) groups is 1. The minimum Gasteiger partial charge on any atom is -0.339 e. The number of amides is 1. The van der Waals surface area contributed by atoms with E-state index in [0.29, 0.717) is 17.8 Å². The van der Waals surface area contributed by atoms with Crippen molar-refractivity contribution in [3.63, 3.8) is 0 Å². The molecule has 6 nitrogen and oxygen atoms in total. The van der Waals surface area contributed by atoms with Crippen LogP contribution in [0.2, 0.25) is 0 Å². The molecule has 0 spiro atoms. The average molecular weight is 300 g/mol. The van der Waals surface area contributed by atoms with Crippen LogP contribution in [0.1, 0.15) is 18.3 Å². The number of carbonyl (C=O) groups excluding carboxylic acids is 1. The zero-order chi connectivity index (χ0) is 15.5. The van der Waals surface area contributed by atoms with Crippen molar-refractivity contribution in [3.8, 4) is 11.5 Å². The van der Waals surface area contributed by atoms with Crippen LogP contribution in [0.5, 0.6) is 0 Å². The van der Waals surface area contributed by atoms with Crippen LogP contribution in [0, 0.1) is 6.92 Å². The summed E-state index contributed by atoms with van der Waals surface area (Å²) >= 11 is 0. The second-order valence-corrected chi connectivity index (χ2v) is 5.76. The van der Waals surface area contributed by atoms with E-state index >= 15 is 0 Å². The molecule has 1 aromatic carbocycles. The van der Waals surface area contributed by atoms with E-state index in [2.05, 4.69) is 22.4 Å². The van der Waals surface area contributed by atoms with E-state index in [-0.39, 0.29) is 12.3 Å². The molecule has 1 fully saturated rings. The summed E-state index contributed by atoms with van der Waals surface area (Å²) in [6.45, 7) is 6.36. The average Bonchev–Trinajstić information content (AvgIpc) is 2.96. The number of aryl methyl sites for hydroxylation is 1. The highest BCUT2D eigenvalue weighted by Gasteiger charge is 2.22. The van der Waals surface area contributed by atoms with Crippen LogP contribution in [0.15, 0.2) is 28.8 Å². The van der Waals surface area contributed by atoms with Gasteiger partial charge < -0.3 is 14.7 Å². The Hall–Kier alpha value is -2.21. The molecule has 1 aliphatic rings. The second-order valence-electron chi connectivity index (χ2n) is 5.76. The molecule has 22 heavy (non-hydrogen) atoms. The number of benzene rings is 1. The van der Waals surface area contributed by atoms with Crippen LogP contribution >= 0.6 is 0 Å². The van der Waals surface area contributed by atoms with E-state index in [1.54, 1.807) is 0 Å². The first-order chi connectivity index (χ1) is 10.6. The number of rotatable bonds is 3. The summed E-state index contributed by atoms with van der Waals surface area (Å²) in [6, 6.07) is 8.18. The molecule has 3 rings (SSSR count). The third kappa shape index (κ3) is 3.33. The van der Waals surface area contributed by atoms with Gasteiger partial charge in [0.2, 0.25) is 5.91 Å². The maximum Gasteiger partial charge on any atom is 0.257 e. The summed E-state index contributed by atoms with van der Waals surface area (Å²) < 4.78 is 5.27. The van der Waals surface area contributed by atoms with E-state index in [1.807, 2.05) is 36.1 Å². The first-order valence-electron chi connectivity index (χ1n) is 7.52. The van der Waals surface area contributed by atoms with Gasteiger partial charge in [-0.2, -0.15) is 4.98 Å². The molecule has 0 aliphatic carbocycles. The van der Waals surface area contributed by atoms with Gasteiger partial charge in [-0.05, 0) is 26.0 Å². The highest BCUT2D eigenvalue weighted by atomic mass is 16.5. The predicted octanol–water partition coefficient (Wildman–Crippen LogP) is 1.41. The minimum absolute atomic E-state index is 0.0462. The van der Waals surface area contributed by atoms with E-state index in [4.69, 9.17) is 4.52 Å². The van der Waals surface area contributed by atoms with Crippen molar-refractivity contribution in [2.45, 2.75) is 26.3 Å². The molecule has 1 N–H and O–H groups in total. The molecule has 1 aromatic heterocycles. The number of hydrogen-bond acceptors (Lipinski definition) is 5. The van der Waals surface area contributed by atoms with Crippen LogP contribution in [0.3, 0.4) is 0 Å². The fourth-order valence-corrected chi connectivity index (χ4v) is 2.63. The summed E-state index contributed by atoms with van der Waals surface area (Å²) in [5.41, 5.74) is 2.00. The molecule has 0 saturated carbocycles. The van der Waals surface area contributed by atoms with E-state index in [9.17, 15) is 4.79 Å². The summed E-state index contributed by atoms with van der Waals surface area (Å²) in [7, 11) is 0. The zero-order valence-corrected chi connectivity index (χ0v) is 12.9. The van der Waals surface area contributed by atoms with Gasteiger partial charge in [0.1, 0.15) is 0 Å². The Morgan fingerprint density at radius 1 is 1.50 bits per heavy atom. The van der Waals surface area contributed by atoms with Crippen molar-refractivity contribution in [3.05, 3.63) is 35.7 Å². The fraction of sp³-hybridized carbons (Fsp3) is 0.438.